The molecule has 0 spiro atoms. The van der Waals surface area contributed by atoms with Crippen molar-refractivity contribution in [2.24, 2.45) is 5.14 Å². The second-order valence-electron chi connectivity index (χ2n) is 4.35. The lowest BCUT2D eigenvalue weighted by molar-refractivity contribution is -0.117. The summed E-state index contributed by atoms with van der Waals surface area (Å²) in [6.07, 6.45) is -0.129. The van der Waals surface area contributed by atoms with E-state index in [0.29, 0.717) is 11.3 Å². The van der Waals surface area contributed by atoms with Crippen molar-refractivity contribution in [3.8, 4) is 0 Å². The highest BCUT2D eigenvalue weighted by Gasteiger charge is 2.37. The summed E-state index contributed by atoms with van der Waals surface area (Å²) in [7, 11) is -3.74. The zero-order valence-corrected chi connectivity index (χ0v) is 12.3. The van der Waals surface area contributed by atoms with Gasteiger partial charge in [-0.3, -0.25) is 4.79 Å². The number of nitrogens with two attached hydrogens (primary N) is 1. The number of hydrogen-bond donors (Lipinski definition) is 2. The second-order valence-corrected chi connectivity index (χ2v) is 7.11. The van der Waals surface area contributed by atoms with Gasteiger partial charge in [0.1, 0.15) is 5.25 Å². The SMILES string of the molecule is NS(=O)(=O)C1CC(=O)N(c2cc(Br)ccc2CO)C1. The fraction of sp³-hybridized carbons (Fsp3) is 0.364. The van der Waals surface area contributed by atoms with Gasteiger partial charge in [-0.25, -0.2) is 13.6 Å². The zero-order valence-electron chi connectivity index (χ0n) is 9.91. The van der Waals surface area contributed by atoms with Gasteiger partial charge in [0.25, 0.3) is 0 Å². The van der Waals surface area contributed by atoms with Crippen LogP contribution in [0.1, 0.15) is 12.0 Å². The summed E-state index contributed by atoms with van der Waals surface area (Å²) in [5, 5.41) is 13.5. The Balaban J connectivity index is 2.38. The Bertz CT molecular complexity index is 617. The molecule has 1 saturated heterocycles. The molecule has 1 aliphatic heterocycles. The molecule has 104 valence electrons. The molecule has 2 rings (SSSR count). The van der Waals surface area contributed by atoms with Crippen LogP contribution < -0.4 is 10.0 Å². The Hall–Kier alpha value is -0.960. The molecule has 19 heavy (non-hydrogen) atoms. The molecular weight excluding hydrogens is 336 g/mol. The number of sulfonamides is 1. The number of rotatable bonds is 3. The zero-order chi connectivity index (χ0) is 14.2. The Morgan fingerprint density at radius 3 is 2.68 bits per heavy atom. The molecule has 0 radical (unpaired) electrons. The van der Waals surface area contributed by atoms with Gasteiger partial charge >= 0.3 is 0 Å². The molecule has 0 saturated carbocycles. The minimum absolute atomic E-state index is 0.0150. The topological polar surface area (TPSA) is 101 Å². The minimum Gasteiger partial charge on any atom is -0.392 e. The smallest absolute Gasteiger partial charge is 0.228 e. The molecule has 1 heterocycles. The van der Waals surface area contributed by atoms with Crippen molar-refractivity contribution < 1.29 is 18.3 Å². The van der Waals surface area contributed by atoms with Gasteiger partial charge in [0, 0.05) is 23.0 Å². The fourth-order valence-electron chi connectivity index (χ4n) is 2.05. The largest absolute Gasteiger partial charge is 0.392 e. The van der Waals surface area contributed by atoms with E-state index in [4.69, 9.17) is 5.14 Å². The van der Waals surface area contributed by atoms with Crippen molar-refractivity contribution in [3.63, 3.8) is 0 Å². The first kappa shape index (κ1) is 14.4. The molecule has 1 unspecified atom stereocenters. The van der Waals surface area contributed by atoms with Crippen LogP contribution in [0.5, 0.6) is 0 Å². The maximum Gasteiger partial charge on any atom is 0.228 e. The van der Waals surface area contributed by atoms with E-state index in [2.05, 4.69) is 15.9 Å². The Morgan fingerprint density at radius 2 is 2.16 bits per heavy atom. The van der Waals surface area contributed by atoms with Crippen molar-refractivity contribution in [1.29, 1.82) is 0 Å². The lowest BCUT2D eigenvalue weighted by Crippen LogP contribution is -2.32. The normalized spacial score (nSPS) is 20.1. The van der Waals surface area contributed by atoms with E-state index in [1.807, 2.05) is 0 Å². The molecule has 1 aromatic carbocycles. The summed E-state index contributed by atoms with van der Waals surface area (Å²) in [5.41, 5.74) is 1.07. The molecule has 3 N–H and O–H groups in total. The maximum absolute atomic E-state index is 11.9. The Labute approximate surface area is 119 Å². The molecule has 1 amide bonds. The molecule has 0 bridgehead atoms. The molecule has 0 aromatic heterocycles. The number of anilines is 1. The summed E-state index contributed by atoms with van der Waals surface area (Å²) in [6, 6.07) is 5.10. The summed E-state index contributed by atoms with van der Waals surface area (Å²) >= 11 is 3.28. The molecular formula is C11H13BrN2O4S. The van der Waals surface area contributed by atoms with Crippen LogP contribution in [0.3, 0.4) is 0 Å². The first-order valence-corrected chi connectivity index (χ1v) is 7.94. The fourth-order valence-corrected chi connectivity index (χ4v) is 3.13. The highest BCUT2D eigenvalue weighted by atomic mass is 79.9. The number of carbonyl (C=O) groups excluding carboxylic acids is 1. The van der Waals surface area contributed by atoms with Crippen molar-refractivity contribution in [1.82, 2.24) is 0 Å². The standard InChI is InChI=1S/C11H13BrN2O4S/c12-8-2-1-7(6-15)10(3-8)14-5-9(4-11(14)16)19(13,17)18/h1-3,9,15H,4-6H2,(H2,13,17,18). The predicted octanol–water partition coefficient (Wildman–Crippen LogP) is 0.335. The number of hydrogen-bond acceptors (Lipinski definition) is 4. The summed E-state index contributed by atoms with van der Waals surface area (Å²) in [5.74, 6) is -0.313. The Morgan fingerprint density at radius 1 is 1.47 bits per heavy atom. The van der Waals surface area contributed by atoms with Crippen LogP contribution in [0, 0.1) is 0 Å². The van der Waals surface area contributed by atoms with Crippen LogP contribution in [0.4, 0.5) is 5.69 Å². The van der Waals surface area contributed by atoms with Gasteiger partial charge in [0.05, 0.1) is 12.3 Å². The van der Waals surface area contributed by atoms with Crippen molar-refractivity contribution >= 4 is 37.5 Å². The van der Waals surface area contributed by atoms with Gasteiger partial charge in [-0.15, -0.1) is 0 Å². The van der Waals surface area contributed by atoms with Crippen LogP contribution in [-0.2, 0) is 21.4 Å². The lowest BCUT2D eigenvalue weighted by atomic mass is 10.1. The third kappa shape index (κ3) is 2.97. The highest BCUT2D eigenvalue weighted by molar-refractivity contribution is 9.10. The van der Waals surface area contributed by atoms with Gasteiger partial charge in [-0.2, -0.15) is 0 Å². The first-order chi connectivity index (χ1) is 8.82. The number of primary sulfonamides is 1. The van der Waals surface area contributed by atoms with Crippen LogP contribution in [0.25, 0.3) is 0 Å². The predicted molar refractivity (Wildman–Crippen MR) is 73.9 cm³/mol. The molecule has 1 atom stereocenters. The number of aliphatic hydroxyl groups is 1. The third-order valence-corrected chi connectivity index (χ3v) is 4.80. The van der Waals surface area contributed by atoms with Crippen molar-refractivity contribution in [3.05, 3.63) is 28.2 Å². The quantitative estimate of drug-likeness (QED) is 0.822. The molecule has 1 aromatic rings. The van der Waals surface area contributed by atoms with Gasteiger partial charge in [0.2, 0.25) is 15.9 Å². The summed E-state index contributed by atoms with van der Waals surface area (Å²) < 4.78 is 23.4. The monoisotopic (exact) mass is 348 g/mol. The van der Waals surface area contributed by atoms with Crippen LogP contribution in [-0.4, -0.2) is 31.2 Å². The van der Waals surface area contributed by atoms with E-state index >= 15 is 0 Å². The van der Waals surface area contributed by atoms with E-state index < -0.39 is 15.3 Å². The van der Waals surface area contributed by atoms with E-state index in [1.165, 1.54) is 4.90 Å². The molecule has 0 aliphatic carbocycles. The number of amides is 1. The molecule has 1 aliphatic rings. The maximum atomic E-state index is 11.9. The minimum atomic E-state index is -3.74. The van der Waals surface area contributed by atoms with Crippen LogP contribution in [0.2, 0.25) is 0 Å². The van der Waals surface area contributed by atoms with Crippen molar-refractivity contribution in [2.75, 3.05) is 11.4 Å². The third-order valence-electron chi connectivity index (χ3n) is 3.06. The summed E-state index contributed by atoms with van der Waals surface area (Å²) in [6.45, 7) is -0.215. The van der Waals surface area contributed by atoms with Crippen LogP contribution >= 0.6 is 15.9 Å². The van der Waals surface area contributed by atoms with E-state index in [1.54, 1.807) is 18.2 Å². The van der Waals surface area contributed by atoms with E-state index in [9.17, 15) is 18.3 Å². The number of nitrogens with zero attached hydrogens (tertiary/aromatic N) is 1. The number of aliphatic hydroxyl groups excluding tert-OH is 1. The van der Waals surface area contributed by atoms with Gasteiger partial charge in [-0.1, -0.05) is 22.0 Å². The van der Waals surface area contributed by atoms with Gasteiger partial charge in [0.15, 0.2) is 0 Å². The molecule has 1 fully saturated rings. The van der Waals surface area contributed by atoms with Gasteiger partial charge in [-0.05, 0) is 12.1 Å². The van der Waals surface area contributed by atoms with Gasteiger partial charge < -0.3 is 10.0 Å². The average Bonchev–Trinajstić information content (AvgIpc) is 2.71. The number of benzene rings is 1. The number of halogens is 1. The van der Waals surface area contributed by atoms with E-state index in [-0.39, 0.29) is 25.5 Å². The Kier molecular flexibility index (Phi) is 3.95. The van der Waals surface area contributed by atoms with E-state index in [0.717, 1.165) is 4.47 Å². The first-order valence-electron chi connectivity index (χ1n) is 5.54. The second kappa shape index (κ2) is 5.20. The lowest BCUT2D eigenvalue weighted by Gasteiger charge is -2.19. The number of carbonyl (C=O) groups is 1. The van der Waals surface area contributed by atoms with Crippen molar-refractivity contribution in [2.45, 2.75) is 18.3 Å². The highest BCUT2D eigenvalue weighted by Crippen LogP contribution is 2.30. The van der Waals surface area contributed by atoms with Crippen LogP contribution in [0.15, 0.2) is 22.7 Å². The average molecular weight is 349 g/mol. The molecule has 8 heteroatoms. The molecule has 6 nitrogen and oxygen atoms in total. The summed E-state index contributed by atoms with van der Waals surface area (Å²) in [4.78, 5) is 13.3.